The van der Waals surface area contributed by atoms with E-state index in [9.17, 15) is 4.79 Å². The average Bonchev–Trinajstić information content (AvgIpc) is 3.40. The first-order chi connectivity index (χ1) is 13.7. The number of hydrogen-bond acceptors (Lipinski definition) is 5. The fourth-order valence-corrected chi connectivity index (χ4v) is 4.41. The normalized spacial score (nSPS) is 15.6. The van der Waals surface area contributed by atoms with Gasteiger partial charge in [0.2, 0.25) is 0 Å². The second-order valence-electron chi connectivity index (χ2n) is 7.12. The molecule has 2 rings (SSSR count). The minimum Gasteiger partial charge on any atom is -0.466 e. The van der Waals surface area contributed by atoms with Crippen LogP contribution in [0, 0.1) is 0 Å². The van der Waals surface area contributed by atoms with Crippen LogP contribution >= 0.6 is 35.3 Å². The molecular formula is C21H37IN4O2S. The van der Waals surface area contributed by atoms with Crippen molar-refractivity contribution >= 4 is 47.2 Å². The van der Waals surface area contributed by atoms with Crippen LogP contribution in [-0.4, -0.2) is 56.7 Å². The minimum absolute atomic E-state index is 0. The average molecular weight is 537 g/mol. The third kappa shape index (κ3) is 10.1. The Hall–Kier alpha value is -0.870. The zero-order chi connectivity index (χ0) is 20.0. The first-order valence-electron chi connectivity index (χ1n) is 10.6. The Labute approximate surface area is 196 Å². The lowest BCUT2D eigenvalue weighted by atomic mass is 10.1. The van der Waals surface area contributed by atoms with Crippen molar-refractivity contribution in [1.82, 2.24) is 15.5 Å². The molecule has 29 heavy (non-hydrogen) atoms. The van der Waals surface area contributed by atoms with Crippen LogP contribution in [0.4, 0.5) is 0 Å². The molecule has 166 valence electrons. The van der Waals surface area contributed by atoms with Crippen molar-refractivity contribution in [2.75, 3.05) is 39.8 Å². The van der Waals surface area contributed by atoms with E-state index in [4.69, 9.17) is 4.74 Å². The highest BCUT2D eigenvalue weighted by molar-refractivity contribution is 14.0. The maximum Gasteiger partial charge on any atom is 0.305 e. The molecule has 0 amide bonds. The number of nitrogens with zero attached hydrogens (tertiary/aromatic N) is 2. The number of halogens is 1. The molecule has 1 aliphatic heterocycles. The van der Waals surface area contributed by atoms with Gasteiger partial charge in [-0.1, -0.05) is 18.9 Å². The summed E-state index contributed by atoms with van der Waals surface area (Å²) in [6.07, 6.45) is 7.27. The highest BCUT2D eigenvalue weighted by atomic mass is 127. The molecular weight excluding hydrogens is 499 g/mol. The van der Waals surface area contributed by atoms with E-state index in [2.05, 4.69) is 38.0 Å². The van der Waals surface area contributed by atoms with Crippen LogP contribution < -0.4 is 10.6 Å². The molecule has 0 aromatic carbocycles. The molecule has 0 saturated carbocycles. The maximum atomic E-state index is 11.3. The highest BCUT2D eigenvalue weighted by Gasteiger charge is 2.24. The van der Waals surface area contributed by atoms with Gasteiger partial charge in [-0.2, -0.15) is 0 Å². The first-order valence-corrected chi connectivity index (χ1v) is 11.5. The Bertz CT molecular complexity index is 577. The van der Waals surface area contributed by atoms with Crippen LogP contribution in [0.15, 0.2) is 22.5 Å². The van der Waals surface area contributed by atoms with Gasteiger partial charge in [-0.05, 0) is 57.1 Å². The first kappa shape index (κ1) is 26.2. The van der Waals surface area contributed by atoms with Crippen LogP contribution in [0.1, 0.15) is 62.8 Å². The van der Waals surface area contributed by atoms with Crippen molar-refractivity contribution in [3.63, 3.8) is 0 Å². The summed E-state index contributed by atoms with van der Waals surface area (Å²) >= 11 is 1.84. The van der Waals surface area contributed by atoms with E-state index >= 15 is 0 Å². The van der Waals surface area contributed by atoms with Crippen LogP contribution in [-0.2, 0) is 9.53 Å². The molecule has 1 aromatic rings. The van der Waals surface area contributed by atoms with Crippen molar-refractivity contribution in [3.8, 4) is 0 Å². The molecule has 1 atom stereocenters. The van der Waals surface area contributed by atoms with Gasteiger partial charge in [0.25, 0.3) is 0 Å². The smallest absolute Gasteiger partial charge is 0.305 e. The number of guanidine groups is 1. The number of esters is 1. The van der Waals surface area contributed by atoms with Crippen molar-refractivity contribution in [2.24, 2.45) is 4.99 Å². The quantitative estimate of drug-likeness (QED) is 0.138. The fraction of sp³-hybridized carbons (Fsp3) is 0.714. The largest absolute Gasteiger partial charge is 0.466 e. The molecule has 1 saturated heterocycles. The second-order valence-corrected chi connectivity index (χ2v) is 8.10. The fourth-order valence-electron chi connectivity index (χ4n) is 3.55. The number of carbonyl (C=O) groups is 1. The Morgan fingerprint density at radius 2 is 2.00 bits per heavy atom. The summed E-state index contributed by atoms with van der Waals surface area (Å²) in [7, 11) is 1.82. The van der Waals surface area contributed by atoms with Crippen molar-refractivity contribution in [2.45, 2.75) is 57.9 Å². The lowest BCUT2D eigenvalue weighted by Gasteiger charge is -2.27. The number of hydrogen-bond donors (Lipinski definition) is 2. The lowest BCUT2D eigenvalue weighted by molar-refractivity contribution is -0.143. The molecule has 0 aliphatic carbocycles. The summed E-state index contributed by atoms with van der Waals surface area (Å²) in [6, 6.07) is 4.80. The van der Waals surface area contributed by atoms with E-state index in [0.717, 1.165) is 44.7 Å². The zero-order valence-corrected chi connectivity index (χ0v) is 21.0. The number of rotatable bonds is 12. The van der Waals surface area contributed by atoms with Gasteiger partial charge in [-0.3, -0.25) is 14.7 Å². The summed E-state index contributed by atoms with van der Waals surface area (Å²) < 4.78 is 4.95. The summed E-state index contributed by atoms with van der Waals surface area (Å²) in [5.41, 5.74) is 0. The SMILES string of the molecule is CCOC(=O)CCCCCCNC(=NC)NCC(c1cccs1)N1CCCC1.I. The Kier molecular flexibility index (Phi) is 14.3. The predicted octanol–water partition coefficient (Wildman–Crippen LogP) is 4.18. The van der Waals surface area contributed by atoms with Gasteiger partial charge >= 0.3 is 5.97 Å². The second kappa shape index (κ2) is 15.9. The number of nitrogens with one attached hydrogen (secondary N) is 2. The van der Waals surface area contributed by atoms with Gasteiger partial charge < -0.3 is 15.4 Å². The summed E-state index contributed by atoms with van der Waals surface area (Å²) in [5.74, 6) is 0.788. The third-order valence-electron chi connectivity index (χ3n) is 5.04. The molecule has 1 fully saturated rings. The van der Waals surface area contributed by atoms with E-state index in [1.54, 1.807) is 0 Å². The van der Waals surface area contributed by atoms with E-state index in [0.29, 0.717) is 19.1 Å². The number of carbonyl (C=O) groups excluding carboxylic acids is 1. The summed E-state index contributed by atoms with van der Waals surface area (Å²) in [4.78, 5) is 19.7. The molecule has 0 bridgehead atoms. The molecule has 0 radical (unpaired) electrons. The standard InChI is InChI=1S/C21H36N4O2S.HI/c1-3-27-20(26)12-6-4-5-7-13-23-21(22-2)24-17-18(19-11-10-16-28-19)25-14-8-9-15-25;/h10-11,16,18H,3-9,12-15,17H2,1-2H3,(H2,22,23,24);1H. The van der Waals surface area contributed by atoms with Gasteiger partial charge in [0.05, 0.1) is 12.6 Å². The van der Waals surface area contributed by atoms with E-state index < -0.39 is 0 Å². The molecule has 0 spiro atoms. The van der Waals surface area contributed by atoms with Crippen LogP contribution in [0.5, 0.6) is 0 Å². The molecule has 2 heterocycles. The van der Waals surface area contributed by atoms with Gasteiger partial charge in [0.1, 0.15) is 0 Å². The lowest BCUT2D eigenvalue weighted by Crippen LogP contribution is -2.42. The van der Waals surface area contributed by atoms with Gasteiger partial charge in [0.15, 0.2) is 5.96 Å². The molecule has 1 unspecified atom stereocenters. The Morgan fingerprint density at radius 1 is 1.24 bits per heavy atom. The van der Waals surface area contributed by atoms with Crippen molar-refractivity contribution < 1.29 is 9.53 Å². The van der Waals surface area contributed by atoms with Gasteiger partial charge in [-0.15, -0.1) is 35.3 Å². The zero-order valence-electron chi connectivity index (χ0n) is 17.8. The number of ether oxygens (including phenoxy) is 1. The Morgan fingerprint density at radius 3 is 2.66 bits per heavy atom. The maximum absolute atomic E-state index is 11.3. The predicted molar refractivity (Wildman–Crippen MR) is 132 cm³/mol. The monoisotopic (exact) mass is 536 g/mol. The number of likely N-dealkylation sites (tertiary alicyclic amines) is 1. The van der Waals surface area contributed by atoms with Crippen molar-refractivity contribution in [3.05, 3.63) is 22.4 Å². The van der Waals surface area contributed by atoms with Crippen LogP contribution in [0.2, 0.25) is 0 Å². The Balaban J connectivity index is 0.00000420. The summed E-state index contributed by atoms with van der Waals surface area (Å²) in [5, 5.41) is 9.08. The summed E-state index contributed by atoms with van der Waals surface area (Å²) in [6.45, 7) is 6.45. The van der Waals surface area contributed by atoms with Gasteiger partial charge in [0, 0.05) is 31.4 Å². The van der Waals surface area contributed by atoms with E-state index in [1.807, 2.05) is 25.3 Å². The van der Waals surface area contributed by atoms with Crippen LogP contribution in [0.25, 0.3) is 0 Å². The molecule has 2 N–H and O–H groups in total. The van der Waals surface area contributed by atoms with Gasteiger partial charge in [-0.25, -0.2) is 0 Å². The highest BCUT2D eigenvalue weighted by Crippen LogP contribution is 2.27. The molecule has 1 aliphatic rings. The topological polar surface area (TPSA) is 66.0 Å². The minimum atomic E-state index is -0.0801. The number of thiophene rings is 1. The molecule has 6 nitrogen and oxygen atoms in total. The third-order valence-corrected chi connectivity index (χ3v) is 6.02. The van der Waals surface area contributed by atoms with Crippen molar-refractivity contribution in [1.29, 1.82) is 0 Å². The van der Waals surface area contributed by atoms with E-state index in [1.165, 1.54) is 30.8 Å². The van der Waals surface area contributed by atoms with E-state index in [-0.39, 0.29) is 29.9 Å². The van der Waals surface area contributed by atoms with Crippen LogP contribution in [0.3, 0.4) is 0 Å². The number of unbranched alkanes of at least 4 members (excludes halogenated alkanes) is 3. The molecule has 1 aromatic heterocycles. The number of aliphatic imine (C=N–C) groups is 1. The molecule has 8 heteroatoms.